The van der Waals surface area contributed by atoms with Crippen molar-refractivity contribution in [1.29, 1.82) is 0 Å². The summed E-state index contributed by atoms with van der Waals surface area (Å²) in [6.45, 7) is 8.09. The molecule has 0 aliphatic carbocycles. The molecule has 0 radical (unpaired) electrons. The highest BCUT2D eigenvalue weighted by atomic mass is 35.5. The Hall–Kier alpha value is -1.22. The molecule has 0 saturated carbocycles. The number of anilines is 1. The van der Waals surface area contributed by atoms with Crippen molar-refractivity contribution in [3.8, 4) is 5.75 Å². The zero-order valence-electron chi connectivity index (χ0n) is 12.7. The van der Waals surface area contributed by atoms with Crippen LogP contribution in [-0.2, 0) is 4.79 Å². The van der Waals surface area contributed by atoms with Crippen molar-refractivity contribution in [3.05, 3.63) is 23.8 Å². The van der Waals surface area contributed by atoms with Gasteiger partial charge in [0.2, 0.25) is 5.91 Å². The number of methoxy groups -OCH3 is 1. The summed E-state index contributed by atoms with van der Waals surface area (Å²) in [6.07, 6.45) is 0.905. The molecule has 0 saturated heterocycles. The standard InChI is InChI=1S/C16H22ClNO2/c1-10-9-16(3,4)18(15(19)11(2)17)14-7-6-12(20-5)8-13(10)14/h6-8,10-11H,9H2,1-5H3/t10-,11+/m0/s1. The Morgan fingerprint density at radius 3 is 2.70 bits per heavy atom. The largest absolute Gasteiger partial charge is 0.497 e. The molecule has 0 N–H and O–H groups in total. The van der Waals surface area contributed by atoms with Crippen LogP contribution in [0.5, 0.6) is 5.75 Å². The normalized spacial score (nSPS) is 22.1. The summed E-state index contributed by atoms with van der Waals surface area (Å²) in [5, 5.41) is -0.530. The number of hydrogen-bond donors (Lipinski definition) is 0. The molecule has 1 aliphatic rings. The van der Waals surface area contributed by atoms with Crippen LogP contribution >= 0.6 is 11.6 Å². The molecule has 0 spiro atoms. The molecule has 0 unspecified atom stereocenters. The molecule has 20 heavy (non-hydrogen) atoms. The van der Waals surface area contributed by atoms with E-state index in [4.69, 9.17) is 16.3 Å². The Morgan fingerprint density at radius 2 is 2.15 bits per heavy atom. The smallest absolute Gasteiger partial charge is 0.245 e. The van der Waals surface area contributed by atoms with E-state index >= 15 is 0 Å². The summed E-state index contributed by atoms with van der Waals surface area (Å²) in [5.74, 6) is 1.15. The van der Waals surface area contributed by atoms with E-state index in [-0.39, 0.29) is 11.4 Å². The van der Waals surface area contributed by atoms with Crippen LogP contribution < -0.4 is 9.64 Å². The van der Waals surface area contributed by atoms with Crippen molar-refractivity contribution in [2.75, 3.05) is 12.0 Å². The molecule has 4 heteroatoms. The summed E-state index contributed by atoms with van der Waals surface area (Å²) < 4.78 is 5.29. The molecule has 1 aliphatic heterocycles. The third kappa shape index (κ3) is 2.51. The maximum atomic E-state index is 12.5. The lowest BCUT2D eigenvalue weighted by molar-refractivity contribution is -0.119. The Bertz CT molecular complexity index is 525. The van der Waals surface area contributed by atoms with E-state index in [1.807, 2.05) is 23.1 Å². The Kier molecular flexibility index (Phi) is 4.01. The van der Waals surface area contributed by atoms with E-state index in [0.717, 1.165) is 23.4 Å². The van der Waals surface area contributed by atoms with Gasteiger partial charge < -0.3 is 9.64 Å². The first kappa shape index (κ1) is 15.2. The maximum absolute atomic E-state index is 12.5. The minimum atomic E-state index is -0.530. The van der Waals surface area contributed by atoms with Crippen LogP contribution in [0.25, 0.3) is 0 Å². The van der Waals surface area contributed by atoms with Gasteiger partial charge in [-0.3, -0.25) is 4.79 Å². The van der Waals surface area contributed by atoms with E-state index in [2.05, 4.69) is 20.8 Å². The van der Waals surface area contributed by atoms with Gasteiger partial charge in [0, 0.05) is 11.2 Å². The van der Waals surface area contributed by atoms with Gasteiger partial charge >= 0.3 is 0 Å². The van der Waals surface area contributed by atoms with Crippen molar-refractivity contribution >= 4 is 23.2 Å². The second-order valence-electron chi connectivity index (χ2n) is 6.13. The van der Waals surface area contributed by atoms with E-state index in [1.165, 1.54) is 0 Å². The minimum Gasteiger partial charge on any atom is -0.497 e. The number of halogens is 1. The van der Waals surface area contributed by atoms with E-state index in [1.54, 1.807) is 14.0 Å². The fourth-order valence-corrected chi connectivity index (χ4v) is 3.23. The lowest BCUT2D eigenvalue weighted by Crippen LogP contribution is -2.53. The average molecular weight is 296 g/mol. The van der Waals surface area contributed by atoms with Gasteiger partial charge in [0.05, 0.1) is 7.11 Å². The van der Waals surface area contributed by atoms with Crippen LogP contribution in [0.2, 0.25) is 0 Å². The summed E-state index contributed by atoms with van der Waals surface area (Å²) in [7, 11) is 1.66. The quantitative estimate of drug-likeness (QED) is 0.773. The summed E-state index contributed by atoms with van der Waals surface area (Å²) in [5.41, 5.74) is 1.86. The first-order chi connectivity index (χ1) is 9.27. The number of hydrogen-bond acceptors (Lipinski definition) is 2. The topological polar surface area (TPSA) is 29.5 Å². The number of carbonyl (C=O) groups is 1. The number of ether oxygens (including phenoxy) is 1. The number of alkyl halides is 1. The first-order valence-electron chi connectivity index (χ1n) is 6.94. The van der Waals surface area contributed by atoms with Crippen molar-refractivity contribution in [3.63, 3.8) is 0 Å². The Morgan fingerprint density at radius 1 is 1.50 bits per heavy atom. The number of carbonyl (C=O) groups excluding carboxylic acids is 1. The van der Waals surface area contributed by atoms with Gasteiger partial charge in [0.25, 0.3) is 0 Å². The van der Waals surface area contributed by atoms with Crippen LogP contribution in [0.4, 0.5) is 5.69 Å². The number of amides is 1. The highest BCUT2D eigenvalue weighted by Gasteiger charge is 2.41. The van der Waals surface area contributed by atoms with Crippen LogP contribution in [0.3, 0.4) is 0 Å². The lowest BCUT2D eigenvalue weighted by atomic mass is 9.80. The molecular weight excluding hydrogens is 274 g/mol. The second-order valence-corrected chi connectivity index (χ2v) is 6.79. The van der Waals surface area contributed by atoms with Gasteiger partial charge in [-0.1, -0.05) is 6.92 Å². The van der Waals surface area contributed by atoms with Gasteiger partial charge in [0.15, 0.2) is 0 Å². The van der Waals surface area contributed by atoms with Crippen molar-refractivity contribution in [2.24, 2.45) is 0 Å². The van der Waals surface area contributed by atoms with E-state index in [9.17, 15) is 4.79 Å². The van der Waals surface area contributed by atoms with E-state index < -0.39 is 5.38 Å². The zero-order chi connectivity index (χ0) is 15.1. The van der Waals surface area contributed by atoms with Crippen molar-refractivity contribution in [2.45, 2.75) is 50.9 Å². The predicted molar refractivity (Wildman–Crippen MR) is 82.9 cm³/mol. The monoisotopic (exact) mass is 295 g/mol. The lowest BCUT2D eigenvalue weighted by Gasteiger charge is -2.46. The number of benzene rings is 1. The third-order valence-corrected chi connectivity index (χ3v) is 4.16. The molecule has 3 nitrogen and oxygen atoms in total. The maximum Gasteiger partial charge on any atom is 0.245 e. The van der Waals surface area contributed by atoms with Crippen LogP contribution in [0.15, 0.2) is 18.2 Å². The van der Waals surface area contributed by atoms with Crippen LogP contribution in [-0.4, -0.2) is 23.9 Å². The fourth-order valence-electron chi connectivity index (χ4n) is 3.13. The zero-order valence-corrected chi connectivity index (χ0v) is 13.5. The molecule has 1 heterocycles. The first-order valence-corrected chi connectivity index (χ1v) is 7.37. The Balaban J connectivity index is 2.57. The minimum absolute atomic E-state index is 0.0463. The van der Waals surface area contributed by atoms with Crippen molar-refractivity contribution in [1.82, 2.24) is 0 Å². The highest BCUT2D eigenvalue weighted by molar-refractivity contribution is 6.32. The molecule has 1 amide bonds. The summed E-state index contributed by atoms with van der Waals surface area (Å²) in [4.78, 5) is 14.3. The molecule has 0 fully saturated rings. The highest BCUT2D eigenvalue weighted by Crippen LogP contribution is 2.45. The van der Waals surface area contributed by atoms with E-state index in [0.29, 0.717) is 5.92 Å². The van der Waals surface area contributed by atoms with Gasteiger partial charge in [-0.2, -0.15) is 0 Å². The predicted octanol–water partition coefficient (Wildman–Crippen LogP) is 3.94. The molecule has 1 aromatic carbocycles. The van der Waals surface area contributed by atoms with Gasteiger partial charge in [-0.25, -0.2) is 0 Å². The summed E-state index contributed by atoms with van der Waals surface area (Å²) in [6, 6.07) is 5.88. The third-order valence-electron chi connectivity index (χ3n) is 3.98. The number of nitrogens with zero attached hydrogens (tertiary/aromatic N) is 1. The van der Waals surface area contributed by atoms with Crippen molar-refractivity contribution < 1.29 is 9.53 Å². The van der Waals surface area contributed by atoms with Gasteiger partial charge in [-0.05, 0) is 56.9 Å². The number of rotatable bonds is 2. The molecule has 0 aromatic heterocycles. The fraction of sp³-hybridized carbons (Fsp3) is 0.562. The van der Waals surface area contributed by atoms with Gasteiger partial charge in [-0.15, -0.1) is 11.6 Å². The molecule has 2 rings (SSSR count). The molecule has 0 bridgehead atoms. The molecule has 2 atom stereocenters. The van der Waals surface area contributed by atoms with Crippen LogP contribution in [0.1, 0.15) is 45.6 Å². The summed E-state index contributed by atoms with van der Waals surface area (Å²) >= 11 is 6.03. The Labute approximate surface area is 125 Å². The molecule has 1 aromatic rings. The molecule has 110 valence electrons. The average Bonchev–Trinajstić information content (AvgIpc) is 2.37. The number of fused-ring (bicyclic) bond motifs is 1. The van der Waals surface area contributed by atoms with Crippen LogP contribution in [0, 0.1) is 0 Å². The second kappa shape index (κ2) is 5.28. The SMILES string of the molecule is COc1ccc2c(c1)[C@@H](C)CC(C)(C)N2C(=O)[C@@H](C)Cl. The molecular formula is C16H22ClNO2. The van der Waals surface area contributed by atoms with Gasteiger partial charge in [0.1, 0.15) is 11.1 Å².